The smallest absolute Gasteiger partial charge is 0.123 e. The minimum Gasteiger partial charge on any atom is -0.550 e. The fraction of sp³-hybridized carbons (Fsp3) is 0.280. The molecule has 0 radical (unpaired) electrons. The molecule has 0 amide bonds. The fourth-order valence-electron chi connectivity index (χ4n) is 3.65. The predicted molar refractivity (Wildman–Crippen MR) is 122 cm³/mol. The molecule has 0 bridgehead atoms. The number of aromatic nitrogens is 1. The zero-order chi connectivity index (χ0) is 23.4. The Balaban J connectivity index is 2.16. The molecule has 0 saturated carbocycles. The maximum atomic E-state index is 13.6. The van der Waals surface area contributed by atoms with Gasteiger partial charge in [-0.2, -0.15) is 0 Å². The van der Waals surface area contributed by atoms with Crippen LogP contribution in [0.4, 0.5) is 4.39 Å². The van der Waals surface area contributed by atoms with E-state index in [2.05, 4.69) is 0 Å². The number of aliphatic hydroxyl groups is 2. The molecule has 5 nitrogen and oxygen atoms in total. The third kappa shape index (κ3) is 5.71. The molecule has 3 rings (SSSR count). The van der Waals surface area contributed by atoms with Crippen LogP contribution >= 0.6 is 11.6 Å². The molecule has 1 aromatic heterocycles. The van der Waals surface area contributed by atoms with Gasteiger partial charge in [0, 0.05) is 40.3 Å². The van der Waals surface area contributed by atoms with E-state index in [1.807, 2.05) is 19.9 Å². The molecule has 0 saturated heterocycles. The summed E-state index contributed by atoms with van der Waals surface area (Å²) in [4.78, 5) is 15.4. The quantitative estimate of drug-likeness (QED) is 0.532. The molecule has 2 aromatic carbocycles. The van der Waals surface area contributed by atoms with Crippen LogP contribution in [0, 0.1) is 5.82 Å². The van der Waals surface area contributed by atoms with Gasteiger partial charge in [-0.25, -0.2) is 4.39 Å². The van der Waals surface area contributed by atoms with Gasteiger partial charge in [0.1, 0.15) is 5.82 Å². The molecule has 1 heterocycles. The normalized spacial score (nSPS) is 13.7. The largest absolute Gasteiger partial charge is 0.550 e. The number of aliphatic carboxylic acids is 1. The summed E-state index contributed by atoms with van der Waals surface area (Å²) >= 11 is 6.26. The van der Waals surface area contributed by atoms with Crippen LogP contribution in [-0.4, -0.2) is 33.4 Å². The number of fused-ring (bicyclic) bond motifs is 1. The van der Waals surface area contributed by atoms with E-state index in [4.69, 9.17) is 16.6 Å². The summed E-state index contributed by atoms with van der Waals surface area (Å²) in [6, 6.07) is 11.5. The lowest BCUT2D eigenvalue weighted by Crippen LogP contribution is -2.29. The number of carboxylic acids is 1. The average molecular weight is 457 g/mol. The van der Waals surface area contributed by atoms with Crippen molar-refractivity contribution in [3.05, 3.63) is 70.6 Å². The van der Waals surface area contributed by atoms with Crippen LogP contribution in [0.2, 0.25) is 5.02 Å². The highest BCUT2D eigenvalue weighted by Crippen LogP contribution is 2.37. The van der Waals surface area contributed by atoms with Crippen molar-refractivity contribution in [3.63, 3.8) is 0 Å². The van der Waals surface area contributed by atoms with Crippen LogP contribution in [0.15, 0.2) is 48.5 Å². The number of hydrogen-bond acceptors (Lipinski definition) is 5. The van der Waals surface area contributed by atoms with Crippen molar-refractivity contribution in [2.24, 2.45) is 0 Å². The third-order valence-corrected chi connectivity index (χ3v) is 5.33. The monoisotopic (exact) mass is 456 g/mol. The van der Waals surface area contributed by atoms with E-state index >= 15 is 0 Å². The highest BCUT2D eigenvalue weighted by molar-refractivity contribution is 6.31. The molecule has 168 valence electrons. The summed E-state index contributed by atoms with van der Waals surface area (Å²) < 4.78 is 13.6. The number of carboxylic acid groups (broad SMARTS) is 1. The van der Waals surface area contributed by atoms with Crippen molar-refractivity contribution in [2.45, 2.75) is 44.8 Å². The number of carbonyl (C=O) groups is 1. The van der Waals surface area contributed by atoms with Crippen molar-refractivity contribution in [1.82, 2.24) is 4.98 Å². The topological polar surface area (TPSA) is 93.5 Å². The number of nitrogens with zero attached hydrogens (tertiary/aromatic N) is 1. The Labute approximate surface area is 190 Å². The lowest BCUT2D eigenvalue weighted by atomic mass is 9.90. The molecule has 3 aromatic rings. The van der Waals surface area contributed by atoms with Gasteiger partial charge in [-0.15, -0.1) is 0 Å². The molecule has 2 N–H and O–H groups in total. The molecule has 2 atom stereocenters. The van der Waals surface area contributed by atoms with Gasteiger partial charge in [0.25, 0.3) is 0 Å². The molecule has 0 aliphatic rings. The summed E-state index contributed by atoms with van der Waals surface area (Å²) in [6.45, 7) is 3.99. The summed E-state index contributed by atoms with van der Waals surface area (Å²) in [6.07, 6.45) is 0.178. The van der Waals surface area contributed by atoms with E-state index in [-0.39, 0.29) is 18.2 Å². The second kappa shape index (κ2) is 10.2. The maximum absolute atomic E-state index is 13.6. The summed E-state index contributed by atoms with van der Waals surface area (Å²) in [7, 11) is 0. The highest BCUT2D eigenvalue weighted by Gasteiger charge is 2.18. The van der Waals surface area contributed by atoms with E-state index in [9.17, 15) is 24.5 Å². The Morgan fingerprint density at radius 3 is 2.50 bits per heavy atom. The van der Waals surface area contributed by atoms with Crippen LogP contribution in [0.1, 0.15) is 43.9 Å². The zero-order valence-electron chi connectivity index (χ0n) is 17.8. The van der Waals surface area contributed by atoms with E-state index in [1.54, 1.807) is 30.3 Å². The molecule has 0 spiro atoms. The first-order chi connectivity index (χ1) is 15.2. The summed E-state index contributed by atoms with van der Waals surface area (Å²) in [5.74, 6) is -1.71. The first kappa shape index (κ1) is 23.9. The Morgan fingerprint density at radius 1 is 1.19 bits per heavy atom. The van der Waals surface area contributed by atoms with Crippen LogP contribution in [0.5, 0.6) is 0 Å². The average Bonchev–Trinajstić information content (AvgIpc) is 2.71. The van der Waals surface area contributed by atoms with Crippen molar-refractivity contribution in [3.8, 4) is 11.1 Å². The van der Waals surface area contributed by atoms with Crippen LogP contribution in [-0.2, 0) is 4.79 Å². The molecule has 0 aliphatic heterocycles. The van der Waals surface area contributed by atoms with Crippen molar-refractivity contribution < 1.29 is 24.5 Å². The van der Waals surface area contributed by atoms with Gasteiger partial charge in [-0.05, 0) is 41.8 Å². The van der Waals surface area contributed by atoms with Gasteiger partial charge < -0.3 is 20.1 Å². The molecular formula is C25H24ClFNO4-. The third-order valence-electron chi connectivity index (χ3n) is 5.09. The number of benzene rings is 2. The lowest BCUT2D eigenvalue weighted by Gasteiger charge is -2.18. The standard InChI is InChI=1S/C25H25ClFNO4/c1-14(2)25-20(9-8-18(29)12-19(30)13-23(31)32)24(15-3-6-17(27)7-4-15)21-11-16(26)5-10-22(21)28-25/h3-11,14,18-19,29-30H,12-13H2,1-2H3,(H,31,32)/p-1/b9-8+/t18?,19-/m1/s1. The van der Waals surface area contributed by atoms with Gasteiger partial charge in [-0.3, -0.25) is 4.98 Å². The minimum absolute atomic E-state index is 0.0368. The van der Waals surface area contributed by atoms with Crippen LogP contribution in [0.3, 0.4) is 0 Å². The summed E-state index contributed by atoms with van der Waals surface area (Å²) in [5, 5.41) is 32.1. The van der Waals surface area contributed by atoms with Crippen LogP contribution in [0.25, 0.3) is 28.1 Å². The maximum Gasteiger partial charge on any atom is 0.123 e. The molecule has 32 heavy (non-hydrogen) atoms. The van der Waals surface area contributed by atoms with Gasteiger partial charge in [0.2, 0.25) is 0 Å². The molecule has 7 heteroatoms. The zero-order valence-corrected chi connectivity index (χ0v) is 18.5. The Kier molecular flexibility index (Phi) is 7.61. The number of halogens is 2. The van der Waals surface area contributed by atoms with E-state index in [0.717, 1.165) is 33.3 Å². The molecule has 1 unspecified atom stereocenters. The van der Waals surface area contributed by atoms with E-state index in [1.165, 1.54) is 18.2 Å². The van der Waals surface area contributed by atoms with Gasteiger partial charge in [0.05, 0.1) is 23.4 Å². The first-order valence-corrected chi connectivity index (χ1v) is 10.7. The van der Waals surface area contributed by atoms with Crippen molar-refractivity contribution in [2.75, 3.05) is 0 Å². The van der Waals surface area contributed by atoms with E-state index in [0.29, 0.717) is 5.02 Å². The lowest BCUT2D eigenvalue weighted by molar-refractivity contribution is -0.307. The first-order valence-electron chi connectivity index (χ1n) is 10.3. The van der Waals surface area contributed by atoms with E-state index < -0.39 is 24.6 Å². The fourth-order valence-corrected chi connectivity index (χ4v) is 3.82. The number of aliphatic hydroxyl groups excluding tert-OH is 2. The Bertz CT molecular complexity index is 1140. The second-order valence-electron chi connectivity index (χ2n) is 8.00. The van der Waals surface area contributed by atoms with Crippen molar-refractivity contribution >= 4 is 34.5 Å². The molecule has 0 aliphatic carbocycles. The number of pyridine rings is 1. The van der Waals surface area contributed by atoms with Gasteiger partial charge in [0.15, 0.2) is 0 Å². The van der Waals surface area contributed by atoms with Crippen molar-refractivity contribution in [1.29, 1.82) is 0 Å². The molecular weight excluding hydrogens is 433 g/mol. The highest BCUT2D eigenvalue weighted by atomic mass is 35.5. The summed E-state index contributed by atoms with van der Waals surface area (Å²) in [5.41, 5.74) is 3.79. The van der Waals surface area contributed by atoms with Gasteiger partial charge in [-0.1, -0.05) is 49.7 Å². The predicted octanol–water partition coefficient (Wildman–Crippen LogP) is 4.08. The van der Waals surface area contributed by atoms with Crippen LogP contribution < -0.4 is 5.11 Å². The Morgan fingerprint density at radius 2 is 1.88 bits per heavy atom. The number of carbonyl (C=O) groups excluding carboxylic acids is 1. The second-order valence-corrected chi connectivity index (χ2v) is 8.44. The molecule has 0 fully saturated rings. The Hall–Kier alpha value is -2.80. The minimum atomic E-state index is -1.38. The number of hydrogen-bond donors (Lipinski definition) is 2. The number of rotatable bonds is 8. The SMILES string of the molecule is CC(C)c1nc2ccc(Cl)cc2c(-c2ccc(F)cc2)c1/C=C/C(O)C[C@@H](O)CC(=O)[O-]. The van der Waals surface area contributed by atoms with Gasteiger partial charge >= 0.3 is 0 Å².